The van der Waals surface area contributed by atoms with Crippen LogP contribution in [0.3, 0.4) is 0 Å². The molecule has 2 N–H and O–H groups in total. The normalized spacial score (nSPS) is 15.2. The highest BCUT2D eigenvalue weighted by Crippen LogP contribution is 2.30. The number of urea groups is 1. The molecule has 3 aromatic rings. The maximum Gasteiger partial charge on any atom is 0.433 e. The van der Waals surface area contributed by atoms with E-state index in [0.717, 1.165) is 19.2 Å². The second-order valence-corrected chi connectivity index (χ2v) is 7.41. The minimum atomic E-state index is -4.48. The number of piperazine rings is 1. The third kappa shape index (κ3) is 5.28. The molecule has 3 aromatic heterocycles. The lowest BCUT2D eigenvalue weighted by Gasteiger charge is -2.34. The second-order valence-electron chi connectivity index (χ2n) is 7.41. The van der Waals surface area contributed by atoms with Crippen LogP contribution in [0.25, 0.3) is 10.9 Å². The summed E-state index contributed by atoms with van der Waals surface area (Å²) < 4.78 is 43.8. The summed E-state index contributed by atoms with van der Waals surface area (Å²) in [6.07, 6.45) is -1.47. The lowest BCUT2D eigenvalue weighted by atomic mass is 10.2. The number of amides is 2. The molecule has 8 nitrogen and oxygen atoms in total. The van der Waals surface area contributed by atoms with E-state index in [4.69, 9.17) is 4.42 Å². The molecule has 2 amide bonds. The number of furan rings is 1. The van der Waals surface area contributed by atoms with Gasteiger partial charge < -0.3 is 20.0 Å². The molecular weight excluding hydrogens is 425 g/mol. The maximum absolute atomic E-state index is 12.9. The lowest BCUT2D eigenvalue weighted by molar-refractivity contribution is -0.140. The number of aromatic nitrogens is 2. The van der Waals surface area contributed by atoms with Crippen LogP contribution in [-0.4, -0.2) is 65.1 Å². The largest absolute Gasteiger partial charge is 0.467 e. The van der Waals surface area contributed by atoms with Crippen molar-refractivity contribution in [2.45, 2.75) is 12.7 Å². The Bertz CT molecular complexity index is 1050. The molecule has 32 heavy (non-hydrogen) atoms. The highest BCUT2D eigenvalue weighted by molar-refractivity contribution is 5.89. The van der Waals surface area contributed by atoms with E-state index in [-0.39, 0.29) is 11.5 Å². The number of carbonyl (C=O) groups excluding carboxylic acids is 1. The van der Waals surface area contributed by atoms with Crippen molar-refractivity contribution in [1.29, 1.82) is 0 Å². The van der Waals surface area contributed by atoms with E-state index in [0.29, 0.717) is 49.7 Å². The Morgan fingerprint density at radius 3 is 2.66 bits per heavy atom. The summed E-state index contributed by atoms with van der Waals surface area (Å²) in [6.45, 7) is 4.32. The fourth-order valence-corrected chi connectivity index (χ4v) is 3.55. The Balaban J connectivity index is 1.24. The van der Waals surface area contributed by atoms with Gasteiger partial charge in [-0.25, -0.2) is 14.8 Å². The first-order valence-electron chi connectivity index (χ1n) is 10.2. The summed E-state index contributed by atoms with van der Waals surface area (Å²) in [6, 6.07) is 7.28. The van der Waals surface area contributed by atoms with E-state index in [9.17, 15) is 18.0 Å². The van der Waals surface area contributed by atoms with Gasteiger partial charge in [-0.2, -0.15) is 13.2 Å². The van der Waals surface area contributed by atoms with Crippen molar-refractivity contribution in [2.24, 2.45) is 0 Å². The van der Waals surface area contributed by atoms with Crippen molar-refractivity contribution in [1.82, 2.24) is 25.1 Å². The van der Waals surface area contributed by atoms with E-state index in [2.05, 4.69) is 25.5 Å². The monoisotopic (exact) mass is 448 g/mol. The number of carbonyl (C=O) groups is 1. The second kappa shape index (κ2) is 9.43. The number of rotatable bonds is 6. The number of hydrogen-bond donors (Lipinski definition) is 2. The van der Waals surface area contributed by atoms with Crippen molar-refractivity contribution in [3.8, 4) is 0 Å². The first-order valence-corrected chi connectivity index (χ1v) is 10.2. The molecule has 4 heterocycles. The number of fused-ring (bicyclic) bond motifs is 1. The van der Waals surface area contributed by atoms with Gasteiger partial charge in [-0.15, -0.1) is 0 Å². The molecule has 170 valence electrons. The molecule has 1 fully saturated rings. The van der Waals surface area contributed by atoms with Gasteiger partial charge in [-0.3, -0.25) is 4.90 Å². The van der Waals surface area contributed by atoms with Crippen LogP contribution in [0.1, 0.15) is 11.5 Å². The van der Waals surface area contributed by atoms with Crippen LogP contribution in [0.15, 0.2) is 47.2 Å². The van der Waals surface area contributed by atoms with Crippen molar-refractivity contribution in [3.05, 3.63) is 54.2 Å². The molecule has 0 aromatic carbocycles. The van der Waals surface area contributed by atoms with Crippen LogP contribution >= 0.6 is 0 Å². The summed E-state index contributed by atoms with van der Waals surface area (Å²) in [5.74, 6) is 1.20. The van der Waals surface area contributed by atoms with Gasteiger partial charge >= 0.3 is 12.2 Å². The topological polar surface area (TPSA) is 86.5 Å². The molecular formula is C21H23F3N6O2. The predicted octanol–water partition coefficient (Wildman–Crippen LogP) is 3.18. The zero-order valence-corrected chi connectivity index (χ0v) is 17.2. The van der Waals surface area contributed by atoms with E-state index < -0.39 is 11.9 Å². The zero-order valence-electron chi connectivity index (χ0n) is 17.2. The fourth-order valence-electron chi connectivity index (χ4n) is 3.55. The molecule has 0 radical (unpaired) electrons. The Morgan fingerprint density at radius 1 is 1.12 bits per heavy atom. The number of nitrogens with one attached hydrogen (secondary N) is 2. The molecule has 1 aliphatic rings. The van der Waals surface area contributed by atoms with Crippen molar-refractivity contribution in [2.75, 3.05) is 44.6 Å². The van der Waals surface area contributed by atoms with Gasteiger partial charge in [0.2, 0.25) is 0 Å². The number of nitrogens with zero attached hydrogens (tertiary/aromatic N) is 4. The molecule has 0 saturated carbocycles. The van der Waals surface area contributed by atoms with Crippen molar-refractivity contribution in [3.63, 3.8) is 0 Å². The van der Waals surface area contributed by atoms with Crippen LogP contribution in [0.5, 0.6) is 0 Å². The smallest absolute Gasteiger partial charge is 0.433 e. The Hall–Kier alpha value is -3.34. The minimum absolute atomic E-state index is 0.121. The predicted molar refractivity (Wildman–Crippen MR) is 112 cm³/mol. The SMILES string of the molecule is O=C(NCc1ccco1)N1CCN(CCNc2nccc3nc(C(F)(F)F)ccc23)CC1. The third-order valence-electron chi connectivity index (χ3n) is 5.28. The molecule has 0 aliphatic carbocycles. The fraction of sp³-hybridized carbons (Fsp3) is 0.381. The summed E-state index contributed by atoms with van der Waals surface area (Å²) in [5, 5.41) is 6.57. The molecule has 0 spiro atoms. The first-order chi connectivity index (χ1) is 15.4. The summed E-state index contributed by atoms with van der Waals surface area (Å²) in [7, 11) is 0. The van der Waals surface area contributed by atoms with Crippen LogP contribution in [0.4, 0.5) is 23.8 Å². The Kier molecular flexibility index (Phi) is 6.45. The van der Waals surface area contributed by atoms with Gasteiger partial charge in [-0.1, -0.05) is 0 Å². The highest BCUT2D eigenvalue weighted by atomic mass is 19.4. The van der Waals surface area contributed by atoms with Crippen LogP contribution in [0.2, 0.25) is 0 Å². The lowest BCUT2D eigenvalue weighted by Crippen LogP contribution is -2.52. The molecule has 0 atom stereocenters. The maximum atomic E-state index is 12.9. The first kappa shape index (κ1) is 21.9. The third-order valence-corrected chi connectivity index (χ3v) is 5.28. The highest BCUT2D eigenvalue weighted by Gasteiger charge is 2.32. The molecule has 0 unspecified atom stereocenters. The Morgan fingerprint density at radius 2 is 1.94 bits per heavy atom. The van der Waals surface area contributed by atoms with Gasteiger partial charge in [0.05, 0.1) is 18.3 Å². The van der Waals surface area contributed by atoms with E-state index in [1.54, 1.807) is 23.3 Å². The summed E-state index contributed by atoms with van der Waals surface area (Å²) >= 11 is 0. The molecule has 4 rings (SSSR count). The number of halogens is 3. The molecule has 1 saturated heterocycles. The standard InChI is InChI=1S/C21H23F3N6O2/c22-21(23,24)18-4-3-16-17(28-18)5-6-25-19(16)26-7-8-29-9-11-30(12-10-29)20(31)27-14-15-2-1-13-32-15/h1-6,13H,7-12,14H2,(H,25,26)(H,27,31). The van der Waals surface area contributed by atoms with Gasteiger partial charge in [0, 0.05) is 50.9 Å². The Labute approximate surface area is 182 Å². The van der Waals surface area contributed by atoms with Gasteiger partial charge in [0.25, 0.3) is 0 Å². The summed E-state index contributed by atoms with van der Waals surface area (Å²) in [5.41, 5.74) is -0.681. The molecule has 0 bridgehead atoms. The van der Waals surface area contributed by atoms with Gasteiger partial charge in [-0.05, 0) is 30.3 Å². The van der Waals surface area contributed by atoms with E-state index in [1.807, 2.05) is 0 Å². The van der Waals surface area contributed by atoms with Crippen LogP contribution in [-0.2, 0) is 12.7 Å². The van der Waals surface area contributed by atoms with Crippen LogP contribution < -0.4 is 10.6 Å². The zero-order chi connectivity index (χ0) is 22.6. The quantitative estimate of drug-likeness (QED) is 0.603. The number of hydrogen-bond acceptors (Lipinski definition) is 6. The van der Waals surface area contributed by atoms with E-state index in [1.165, 1.54) is 18.3 Å². The van der Waals surface area contributed by atoms with E-state index >= 15 is 0 Å². The summed E-state index contributed by atoms with van der Waals surface area (Å²) in [4.78, 5) is 24.2. The van der Waals surface area contributed by atoms with Crippen LogP contribution in [0, 0.1) is 0 Å². The van der Waals surface area contributed by atoms with Crippen molar-refractivity contribution < 1.29 is 22.4 Å². The average molecular weight is 448 g/mol. The minimum Gasteiger partial charge on any atom is -0.467 e. The number of anilines is 1. The molecule has 11 heteroatoms. The number of alkyl halides is 3. The number of pyridine rings is 2. The van der Waals surface area contributed by atoms with Gasteiger partial charge in [0.1, 0.15) is 17.3 Å². The molecule has 1 aliphatic heterocycles. The van der Waals surface area contributed by atoms with Crippen molar-refractivity contribution >= 4 is 22.8 Å². The van der Waals surface area contributed by atoms with Gasteiger partial charge in [0.15, 0.2) is 0 Å². The average Bonchev–Trinajstić information content (AvgIpc) is 3.31.